The highest BCUT2D eigenvalue weighted by molar-refractivity contribution is 9.10. The summed E-state index contributed by atoms with van der Waals surface area (Å²) in [7, 11) is 0. The van der Waals surface area contributed by atoms with Crippen LogP contribution in [0.25, 0.3) is 16.3 Å². The van der Waals surface area contributed by atoms with Crippen LogP contribution in [0.1, 0.15) is 46.4 Å². The molecule has 0 radical (unpaired) electrons. The van der Waals surface area contributed by atoms with Crippen molar-refractivity contribution < 1.29 is 0 Å². The van der Waals surface area contributed by atoms with E-state index in [9.17, 15) is 0 Å². The number of hydrogen-bond donors (Lipinski definition) is 1. The third-order valence-electron chi connectivity index (χ3n) is 5.80. The second-order valence-corrected chi connectivity index (χ2v) is 10.0. The summed E-state index contributed by atoms with van der Waals surface area (Å²) in [6.07, 6.45) is 3.42. The molecule has 158 valence electrons. The van der Waals surface area contributed by atoms with Crippen molar-refractivity contribution >= 4 is 27.3 Å². The summed E-state index contributed by atoms with van der Waals surface area (Å²) in [5, 5.41) is 9.48. The van der Waals surface area contributed by atoms with E-state index in [4.69, 9.17) is 4.98 Å². The minimum atomic E-state index is 0.369. The van der Waals surface area contributed by atoms with E-state index in [0.29, 0.717) is 6.04 Å². The standard InChI is InChI=1S/C25H25BrN4S/c1-16-14-17(2)30(29-16)19-12-10-18(11-13-19)15-27-22-8-5-9-23-24(22)31-25(28-23)20-6-3-4-7-21(20)26/h3-4,6-7,10-14,22,27H,5,8-9,15H2,1-2H3. The Kier molecular flexibility index (Phi) is 5.78. The molecule has 1 unspecified atom stereocenters. The molecule has 0 fully saturated rings. The second kappa shape index (κ2) is 8.69. The van der Waals surface area contributed by atoms with Crippen molar-refractivity contribution in [3.63, 3.8) is 0 Å². The number of aryl methyl sites for hydroxylation is 3. The summed E-state index contributed by atoms with van der Waals surface area (Å²) in [5.41, 5.74) is 7.04. The fourth-order valence-corrected chi connectivity index (χ4v) is 6.12. The molecule has 2 aromatic carbocycles. The molecule has 1 atom stereocenters. The highest BCUT2D eigenvalue weighted by atomic mass is 79.9. The van der Waals surface area contributed by atoms with Gasteiger partial charge in [-0.15, -0.1) is 11.3 Å². The summed E-state index contributed by atoms with van der Waals surface area (Å²) in [6.45, 7) is 4.97. The summed E-state index contributed by atoms with van der Waals surface area (Å²) in [4.78, 5) is 6.38. The fraction of sp³-hybridized carbons (Fsp3) is 0.280. The molecule has 0 bridgehead atoms. The molecular weight excluding hydrogens is 468 g/mol. The normalized spacial score (nSPS) is 15.8. The van der Waals surface area contributed by atoms with Crippen LogP contribution in [-0.2, 0) is 13.0 Å². The van der Waals surface area contributed by atoms with Crippen LogP contribution in [0.3, 0.4) is 0 Å². The summed E-state index contributed by atoms with van der Waals surface area (Å²) < 4.78 is 3.11. The predicted molar refractivity (Wildman–Crippen MR) is 131 cm³/mol. The highest BCUT2D eigenvalue weighted by Crippen LogP contribution is 2.39. The van der Waals surface area contributed by atoms with Gasteiger partial charge in [-0.2, -0.15) is 5.10 Å². The van der Waals surface area contributed by atoms with E-state index in [1.807, 2.05) is 29.0 Å². The summed E-state index contributed by atoms with van der Waals surface area (Å²) >= 11 is 5.51. The predicted octanol–water partition coefficient (Wildman–Crippen LogP) is 6.54. The Hall–Kier alpha value is -2.28. The number of benzene rings is 2. The van der Waals surface area contributed by atoms with Crippen LogP contribution in [0.4, 0.5) is 0 Å². The van der Waals surface area contributed by atoms with Gasteiger partial charge in [-0.1, -0.05) is 46.3 Å². The number of hydrogen-bond acceptors (Lipinski definition) is 4. The lowest BCUT2D eigenvalue weighted by Gasteiger charge is -2.22. The van der Waals surface area contributed by atoms with Crippen molar-refractivity contribution in [2.75, 3.05) is 0 Å². The zero-order valence-corrected chi connectivity index (χ0v) is 20.1. The first kappa shape index (κ1) is 20.6. The number of rotatable bonds is 5. The van der Waals surface area contributed by atoms with Gasteiger partial charge in [0, 0.05) is 33.2 Å². The first-order valence-electron chi connectivity index (χ1n) is 10.7. The number of nitrogens with zero attached hydrogens (tertiary/aromatic N) is 3. The van der Waals surface area contributed by atoms with Crippen molar-refractivity contribution in [1.29, 1.82) is 0 Å². The van der Waals surface area contributed by atoms with Crippen molar-refractivity contribution in [3.05, 3.63) is 86.6 Å². The van der Waals surface area contributed by atoms with Crippen LogP contribution >= 0.6 is 27.3 Å². The van der Waals surface area contributed by atoms with Gasteiger partial charge in [0.05, 0.1) is 17.1 Å². The highest BCUT2D eigenvalue weighted by Gasteiger charge is 2.25. The van der Waals surface area contributed by atoms with E-state index in [-0.39, 0.29) is 0 Å². The Bertz CT molecular complexity index is 1210. The monoisotopic (exact) mass is 492 g/mol. The van der Waals surface area contributed by atoms with Crippen LogP contribution in [0.15, 0.2) is 59.1 Å². The zero-order chi connectivity index (χ0) is 21.4. The third-order valence-corrected chi connectivity index (χ3v) is 7.73. The van der Waals surface area contributed by atoms with E-state index in [2.05, 4.69) is 81.8 Å². The Morgan fingerprint density at radius 3 is 2.68 bits per heavy atom. The molecule has 31 heavy (non-hydrogen) atoms. The van der Waals surface area contributed by atoms with E-state index < -0.39 is 0 Å². The van der Waals surface area contributed by atoms with Gasteiger partial charge in [0.25, 0.3) is 0 Å². The minimum Gasteiger partial charge on any atom is -0.305 e. The van der Waals surface area contributed by atoms with Crippen molar-refractivity contribution in [1.82, 2.24) is 20.1 Å². The van der Waals surface area contributed by atoms with Crippen LogP contribution in [-0.4, -0.2) is 14.8 Å². The molecule has 0 saturated carbocycles. The lowest BCUT2D eigenvalue weighted by molar-refractivity contribution is 0.463. The first-order chi connectivity index (χ1) is 15.1. The molecule has 1 aliphatic carbocycles. The largest absolute Gasteiger partial charge is 0.305 e. The van der Waals surface area contributed by atoms with Gasteiger partial charge < -0.3 is 5.32 Å². The Labute approximate surface area is 195 Å². The molecule has 0 aliphatic heterocycles. The van der Waals surface area contributed by atoms with Gasteiger partial charge >= 0.3 is 0 Å². The van der Waals surface area contributed by atoms with Crippen LogP contribution in [0.2, 0.25) is 0 Å². The van der Waals surface area contributed by atoms with Crippen molar-refractivity contribution in [2.45, 2.75) is 45.7 Å². The fourth-order valence-electron chi connectivity index (χ4n) is 4.25. The first-order valence-corrected chi connectivity index (χ1v) is 12.3. The van der Waals surface area contributed by atoms with Gasteiger partial charge in [-0.3, -0.25) is 0 Å². The molecule has 2 heterocycles. The maximum absolute atomic E-state index is 4.98. The maximum Gasteiger partial charge on any atom is 0.125 e. The lowest BCUT2D eigenvalue weighted by Crippen LogP contribution is -2.23. The third kappa shape index (κ3) is 4.25. The Morgan fingerprint density at radius 2 is 1.94 bits per heavy atom. The minimum absolute atomic E-state index is 0.369. The Morgan fingerprint density at radius 1 is 1.13 bits per heavy atom. The second-order valence-electron chi connectivity index (χ2n) is 8.14. The molecular formula is C25H25BrN4S. The smallest absolute Gasteiger partial charge is 0.125 e. The molecule has 1 N–H and O–H groups in total. The topological polar surface area (TPSA) is 42.7 Å². The molecule has 1 aliphatic rings. The van der Waals surface area contributed by atoms with Crippen molar-refractivity contribution in [3.8, 4) is 16.3 Å². The molecule has 4 nitrogen and oxygen atoms in total. The number of halogens is 1. The zero-order valence-electron chi connectivity index (χ0n) is 17.7. The maximum atomic E-state index is 4.98. The van der Waals surface area contributed by atoms with E-state index in [1.54, 1.807) is 0 Å². The number of nitrogens with one attached hydrogen (secondary N) is 1. The van der Waals surface area contributed by atoms with Crippen LogP contribution in [0.5, 0.6) is 0 Å². The van der Waals surface area contributed by atoms with Gasteiger partial charge in [-0.25, -0.2) is 9.67 Å². The van der Waals surface area contributed by atoms with Crippen LogP contribution in [0, 0.1) is 13.8 Å². The number of fused-ring (bicyclic) bond motifs is 1. The molecule has 5 rings (SSSR count). The quantitative estimate of drug-likeness (QED) is 0.343. The van der Waals surface area contributed by atoms with E-state index in [1.165, 1.54) is 28.1 Å². The molecule has 0 saturated heterocycles. The van der Waals surface area contributed by atoms with Gasteiger partial charge in [-0.05, 0) is 62.9 Å². The lowest BCUT2D eigenvalue weighted by atomic mass is 9.98. The Balaban J connectivity index is 1.31. The number of thiazole rings is 1. The van der Waals surface area contributed by atoms with Gasteiger partial charge in [0.1, 0.15) is 5.01 Å². The molecule has 4 aromatic rings. The average molecular weight is 493 g/mol. The number of aromatic nitrogens is 3. The summed E-state index contributed by atoms with van der Waals surface area (Å²) in [6, 6.07) is 19.5. The van der Waals surface area contributed by atoms with Gasteiger partial charge in [0.2, 0.25) is 0 Å². The molecule has 0 spiro atoms. The SMILES string of the molecule is Cc1cc(C)n(-c2ccc(CNC3CCCc4nc(-c5ccccc5Br)sc43)cc2)n1. The van der Waals surface area contributed by atoms with Gasteiger partial charge in [0.15, 0.2) is 0 Å². The molecule has 6 heteroatoms. The van der Waals surface area contributed by atoms with Crippen molar-refractivity contribution in [2.24, 2.45) is 0 Å². The van der Waals surface area contributed by atoms with E-state index in [0.717, 1.165) is 45.9 Å². The molecule has 2 aromatic heterocycles. The average Bonchev–Trinajstić information content (AvgIpc) is 3.35. The van der Waals surface area contributed by atoms with Crippen LogP contribution < -0.4 is 5.32 Å². The van der Waals surface area contributed by atoms with E-state index >= 15 is 0 Å². The summed E-state index contributed by atoms with van der Waals surface area (Å²) in [5.74, 6) is 0. The molecule has 0 amide bonds.